The molecule has 28 heavy (non-hydrogen) atoms. The van der Waals surface area contributed by atoms with Crippen LogP contribution in [0.1, 0.15) is 41.6 Å². The highest BCUT2D eigenvalue weighted by Gasteiger charge is 2.28. The summed E-state index contributed by atoms with van der Waals surface area (Å²) in [6, 6.07) is 9.56. The van der Waals surface area contributed by atoms with Gasteiger partial charge in [0.2, 0.25) is 10.0 Å². The van der Waals surface area contributed by atoms with Crippen molar-refractivity contribution in [3.05, 3.63) is 57.6 Å². The maximum Gasteiger partial charge on any atom is 0.255 e. The van der Waals surface area contributed by atoms with Crippen molar-refractivity contribution >= 4 is 44.8 Å². The highest BCUT2D eigenvalue weighted by molar-refractivity contribution is 7.89. The molecule has 3 rings (SSSR count). The number of hydrogen-bond acceptors (Lipinski definition) is 3. The highest BCUT2D eigenvalue weighted by atomic mass is 35.5. The zero-order valence-electron chi connectivity index (χ0n) is 15.5. The van der Waals surface area contributed by atoms with E-state index in [2.05, 4.69) is 5.32 Å². The van der Waals surface area contributed by atoms with Gasteiger partial charge in [-0.05, 0) is 55.7 Å². The fourth-order valence-corrected chi connectivity index (χ4v) is 5.48. The van der Waals surface area contributed by atoms with Gasteiger partial charge in [-0.2, -0.15) is 4.31 Å². The molecule has 1 amide bonds. The molecule has 2 aromatic rings. The van der Waals surface area contributed by atoms with Crippen LogP contribution in [-0.4, -0.2) is 31.7 Å². The number of nitrogens with zero attached hydrogens (tertiary/aromatic N) is 1. The van der Waals surface area contributed by atoms with Crippen molar-refractivity contribution in [2.75, 3.05) is 18.4 Å². The second kappa shape index (κ2) is 8.82. The van der Waals surface area contributed by atoms with E-state index in [9.17, 15) is 13.2 Å². The molecule has 0 spiro atoms. The molecule has 8 heteroatoms. The predicted octanol–water partition coefficient (Wildman–Crippen LogP) is 5.12. The van der Waals surface area contributed by atoms with Gasteiger partial charge in [-0.1, -0.05) is 42.1 Å². The number of hydrogen-bond donors (Lipinski definition) is 1. The summed E-state index contributed by atoms with van der Waals surface area (Å²) in [6.45, 7) is 2.83. The van der Waals surface area contributed by atoms with Crippen LogP contribution in [0.25, 0.3) is 0 Å². The monoisotopic (exact) mass is 440 g/mol. The van der Waals surface area contributed by atoms with Crippen LogP contribution in [0.2, 0.25) is 10.0 Å². The fraction of sp³-hybridized carbons (Fsp3) is 0.350. The molecular formula is C20H22Cl2N2O3S. The molecule has 1 aliphatic rings. The van der Waals surface area contributed by atoms with E-state index in [4.69, 9.17) is 23.2 Å². The number of carbonyl (C=O) groups is 1. The van der Waals surface area contributed by atoms with Crippen LogP contribution in [0.4, 0.5) is 5.69 Å². The van der Waals surface area contributed by atoms with Crippen molar-refractivity contribution in [1.29, 1.82) is 0 Å². The second-order valence-corrected chi connectivity index (χ2v) is 9.62. The average molecular weight is 441 g/mol. The number of sulfonamides is 1. The zero-order valence-corrected chi connectivity index (χ0v) is 17.9. The molecule has 0 saturated carbocycles. The van der Waals surface area contributed by atoms with Gasteiger partial charge in [0.25, 0.3) is 5.91 Å². The van der Waals surface area contributed by atoms with Gasteiger partial charge in [0.05, 0.1) is 15.7 Å². The lowest BCUT2D eigenvalue weighted by atomic mass is 10.2. The largest absolute Gasteiger partial charge is 0.321 e. The van der Waals surface area contributed by atoms with E-state index in [0.29, 0.717) is 23.8 Å². The Hall–Kier alpha value is -1.60. The molecule has 0 aliphatic carbocycles. The van der Waals surface area contributed by atoms with Crippen LogP contribution in [0.3, 0.4) is 0 Å². The van der Waals surface area contributed by atoms with Crippen molar-refractivity contribution < 1.29 is 13.2 Å². The van der Waals surface area contributed by atoms with Crippen LogP contribution >= 0.6 is 23.2 Å². The summed E-state index contributed by atoms with van der Waals surface area (Å²) in [4.78, 5) is 12.6. The van der Waals surface area contributed by atoms with E-state index in [0.717, 1.165) is 31.2 Å². The average Bonchev–Trinajstić information content (AvgIpc) is 2.94. The lowest BCUT2D eigenvalue weighted by Crippen LogP contribution is -2.32. The van der Waals surface area contributed by atoms with Gasteiger partial charge >= 0.3 is 0 Å². The molecule has 0 aromatic heterocycles. The molecule has 0 radical (unpaired) electrons. The van der Waals surface area contributed by atoms with Crippen LogP contribution < -0.4 is 5.32 Å². The number of amides is 1. The number of anilines is 1. The molecule has 1 saturated heterocycles. The number of rotatable bonds is 4. The molecule has 0 bridgehead atoms. The Balaban J connectivity index is 1.89. The smallest absolute Gasteiger partial charge is 0.255 e. The van der Waals surface area contributed by atoms with Gasteiger partial charge in [0.1, 0.15) is 4.90 Å². The van der Waals surface area contributed by atoms with Gasteiger partial charge in [-0.25, -0.2) is 8.42 Å². The number of nitrogens with one attached hydrogen (secondary N) is 1. The Kier molecular flexibility index (Phi) is 6.65. The Labute approximate surface area is 175 Å². The van der Waals surface area contributed by atoms with Crippen molar-refractivity contribution in [3.63, 3.8) is 0 Å². The summed E-state index contributed by atoms with van der Waals surface area (Å²) in [5, 5.41) is 3.24. The third kappa shape index (κ3) is 4.69. The number of aryl methyl sites for hydroxylation is 1. The van der Waals surface area contributed by atoms with Gasteiger partial charge in [-0.3, -0.25) is 4.79 Å². The Bertz CT molecular complexity index is 985. The summed E-state index contributed by atoms with van der Waals surface area (Å²) < 4.78 is 27.6. The molecule has 0 unspecified atom stereocenters. The molecule has 1 N–H and O–H groups in total. The molecule has 2 aromatic carbocycles. The van der Waals surface area contributed by atoms with Crippen molar-refractivity contribution in [2.45, 2.75) is 37.5 Å². The normalized spacial score (nSPS) is 15.8. The molecule has 150 valence electrons. The third-order valence-electron chi connectivity index (χ3n) is 4.75. The van der Waals surface area contributed by atoms with Crippen molar-refractivity contribution in [1.82, 2.24) is 4.31 Å². The van der Waals surface area contributed by atoms with E-state index >= 15 is 0 Å². The SMILES string of the molecule is Cc1ccc(NC(=O)c2ccc(Cl)c(S(=O)(=O)N3CCCCCC3)c2)c(Cl)c1. The van der Waals surface area contributed by atoms with Gasteiger partial charge in [0.15, 0.2) is 0 Å². The molecule has 1 aliphatic heterocycles. The Morgan fingerprint density at radius 2 is 1.64 bits per heavy atom. The minimum absolute atomic E-state index is 0.0429. The van der Waals surface area contributed by atoms with E-state index in [1.807, 2.05) is 13.0 Å². The number of benzene rings is 2. The topological polar surface area (TPSA) is 66.5 Å². The molecular weight excluding hydrogens is 419 g/mol. The van der Waals surface area contributed by atoms with E-state index in [1.54, 1.807) is 12.1 Å². The predicted molar refractivity (Wildman–Crippen MR) is 113 cm³/mol. The van der Waals surface area contributed by atoms with E-state index in [1.165, 1.54) is 22.5 Å². The first kappa shape index (κ1) is 21.1. The fourth-order valence-electron chi connectivity index (χ4n) is 3.18. The minimum atomic E-state index is -3.76. The van der Waals surface area contributed by atoms with Crippen molar-refractivity contribution in [2.24, 2.45) is 0 Å². The van der Waals surface area contributed by atoms with Gasteiger partial charge in [-0.15, -0.1) is 0 Å². The maximum atomic E-state index is 13.1. The van der Waals surface area contributed by atoms with E-state index < -0.39 is 15.9 Å². The van der Waals surface area contributed by atoms with Crippen molar-refractivity contribution in [3.8, 4) is 0 Å². The summed E-state index contributed by atoms with van der Waals surface area (Å²) >= 11 is 12.4. The second-order valence-electron chi connectivity index (χ2n) is 6.90. The minimum Gasteiger partial charge on any atom is -0.321 e. The van der Waals surface area contributed by atoms with Crippen LogP contribution in [0, 0.1) is 6.92 Å². The van der Waals surface area contributed by atoms with Crippen LogP contribution in [0.15, 0.2) is 41.3 Å². The first-order valence-electron chi connectivity index (χ1n) is 9.16. The Morgan fingerprint density at radius 3 is 2.29 bits per heavy atom. The first-order valence-corrected chi connectivity index (χ1v) is 11.4. The molecule has 5 nitrogen and oxygen atoms in total. The van der Waals surface area contributed by atoms with Crippen LogP contribution in [0.5, 0.6) is 0 Å². The summed E-state index contributed by atoms with van der Waals surface area (Å²) in [5.74, 6) is -0.449. The lowest BCUT2D eigenvalue weighted by molar-refractivity contribution is 0.102. The Morgan fingerprint density at radius 1 is 0.964 bits per heavy atom. The molecule has 1 fully saturated rings. The summed E-state index contributed by atoms with van der Waals surface area (Å²) in [5.41, 5.74) is 1.64. The van der Waals surface area contributed by atoms with Gasteiger partial charge < -0.3 is 5.32 Å². The number of carbonyl (C=O) groups excluding carboxylic acids is 1. The zero-order chi connectivity index (χ0) is 20.3. The molecule has 1 heterocycles. The third-order valence-corrected chi connectivity index (χ3v) is 7.44. The number of halogens is 2. The maximum absolute atomic E-state index is 13.1. The lowest BCUT2D eigenvalue weighted by Gasteiger charge is -2.21. The summed E-state index contributed by atoms with van der Waals surface area (Å²) in [6.07, 6.45) is 3.67. The van der Waals surface area contributed by atoms with Crippen LogP contribution in [-0.2, 0) is 10.0 Å². The van der Waals surface area contributed by atoms with E-state index in [-0.39, 0.29) is 15.5 Å². The highest BCUT2D eigenvalue weighted by Crippen LogP contribution is 2.29. The van der Waals surface area contributed by atoms with Gasteiger partial charge in [0, 0.05) is 18.7 Å². The first-order chi connectivity index (χ1) is 13.3. The summed E-state index contributed by atoms with van der Waals surface area (Å²) in [7, 11) is -3.76. The standard InChI is InChI=1S/C20H22Cl2N2O3S/c1-14-6-9-18(17(22)12-14)23-20(25)15-7-8-16(21)19(13-15)28(26,27)24-10-4-2-3-5-11-24/h6-9,12-13H,2-5,10-11H2,1H3,(H,23,25). The quantitative estimate of drug-likeness (QED) is 0.716. The molecule has 0 atom stereocenters.